The predicted molar refractivity (Wildman–Crippen MR) is 69.3 cm³/mol. The molecule has 1 saturated heterocycles. The molecule has 0 aromatic carbocycles. The van der Waals surface area contributed by atoms with E-state index in [0.717, 1.165) is 25.7 Å². The van der Waals surface area contributed by atoms with Gasteiger partial charge in [0.2, 0.25) is 5.91 Å². The first-order chi connectivity index (χ1) is 9.09. The van der Waals surface area contributed by atoms with Crippen molar-refractivity contribution in [2.75, 3.05) is 13.1 Å². The minimum atomic E-state index is -0.962. The van der Waals surface area contributed by atoms with Gasteiger partial charge in [-0.05, 0) is 49.9 Å². The Labute approximate surface area is 113 Å². The minimum absolute atomic E-state index is 0.0875. The zero-order valence-corrected chi connectivity index (χ0v) is 11.2. The van der Waals surface area contributed by atoms with Crippen LogP contribution in [0.4, 0.5) is 0 Å². The number of rotatable bonds is 3. The van der Waals surface area contributed by atoms with Crippen molar-refractivity contribution in [2.24, 2.45) is 23.5 Å². The van der Waals surface area contributed by atoms with Gasteiger partial charge < -0.3 is 15.7 Å². The van der Waals surface area contributed by atoms with Gasteiger partial charge in [-0.3, -0.25) is 4.79 Å². The summed E-state index contributed by atoms with van der Waals surface area (Å²) < 4.78 is 0. The highest BCUT2D eigenvalue weighted by Crippen LogP contribution is 2.55. The van der Waals surface area contributed by atoms with Gasteiger partial charge in [0.25, 0.3) is 0 Å². The number of aliphatic carboxylic acids is 1. The number of carboxylic acid groups (broad SMARTS) is 1. The Hall–Kier alpha value is -1.10. The molecular formula is C14H22N2O3. The highest BCUT2D eigenvalue weighted by molar-refractivity contribution is 5.89. The van der Waals surface area contributed by atoms with E-state index in [-0.39, 0.29) is 18.4 Å². The fraction of sp³-hybridized carbons (Fsp3) is 0.857. The van der Waals surface area contributed by atoms with E-state index < -0.39 is 11.5 Å². The number of carbonyl (C=O) groups excluding carboxylic acids is 1. The highest BCUT2D eigenvalue weighted by Gasteiger charge is 2.60. The molecule has 0 aromatic heterocycles. The molecule has 1 amide bonds. The molecule has 0 radical (unpaired) electrons. The van der Waals surface area contributed by atoms with Crippen molar-refractivity contribution in [1.82, 2.24) is 4.90 Å². The second kappa shape index (κ2) is 4.47. The molecule has 3 aliphatic rings. The first-order valence-electron chi connectivity index (χ1n) is 7.33. The van der Waals surface area contributed by atoms with Crippen molar-refractivity contribution in [3.63, 3.8) is 0 Å². The van der Waals surface area contributed by atoms with E-state index in [0.29, 0.717) is 24.8 Å². The van der Waals surface area contributed by atoms with Crippen molar-refractivity contribution < 1.29 is 14.7 Å². The highest BCUT2D eigenvalue weighted by atomic mass is 16.4. The predicted octanol–water partition coefficient (Wildman–Crippen LogP) is 0.827. The Morgan fingerprint density at radius 1 is 1.32 bits per heavy atom. The normalized spacial score (nSPS) is 40.9. The largest absolute Gasteiger partial charge is 0.479 e. The second-order valence-corrected chi connectivity index (χ2v) is 6.36. The van der Waals surface area contributed by atoms with Gasteiger partial charge in [0.1, 0.15) is 5.54 Å². The third kappa shape index (κ3) is 1.71. The van der Waals surface area contributed by atoms with E-state index in [2.05, 4.69) is 0 Å². The molecular weight excluding hydrogens is 244 g/mol. The summed E-state index contributed by atoms with van der Waals surface area (Å²) in [5, 5.41) is 9.83. The maximum Gasteiger partial charge on any atom is 0.329 e. The monoisotopic (exact) mass is 266 g/mol. The Kier molecular flexibility index (Phi) is 3.04. The molecule has 2 saturated carbocycles. The number of fused-ring (bicyclic) bond motifs is 2. The van der Waals surface area contributed by atoms with Crippen molar-refractivity contribution in [3.8, 4) is 0 Å². The Balaban J connectivity index is 1.95. The van der Waals surface area contributed by atoms with Crippen LogP contribution in [0, 0.1) is 17.8 Å². The first kappa shape index (κ1) is 12.9. The van der Waals surface area contributed by atoms with E-state index in [9.17, 15) is 14.7 Å². The van der Waals surface area contributed by atoms with Gasteiger partial charge in [-0.25, -0.2) is 4.79 Å². The SMILES string of the molecule is NCC(=O)N1CCC[C@]1(C(=O)O)C1CC2CCC1C2. The van der Waals surface area contributed by atoms with Gasteiger partial charge in [0.15, 0.2) is 0 Å². The third-order valence-electron chi connectivity index (χ3n) is 5.62. The lowest BCUT2D eigenvalue weighted by Gasteiger charge is -2.43. The number of carbonyl (C=O) groups is 2. The summed E-state index contributed by atoms with van der Waals surface area (Å²) in [4.78, 5) is 25.6. The molecule has 1 heterocycles. The summed E-state index contributed by atoms with van der Waals surface area (Å²) in [5.41, 5.74) is 4.50. The quantitative estimate of drug-likeness (QED) is 0.792. The molecule has 5 heteroatoms. The lowest BCUT2D eigenvalue weighted by atomic mass is 9.72. The van der Waals surface area contributed by atoms with Crippen LogP contribution in [0.2, 0.25) is 0 Å². The Bertz CT molecular complexity index is 411. The van der Waals surface area contributed by atoms with E-state index in [1.54, 1.807) is 4.90 Å². The van der Waals surface area contributed by atoms with Crippen LogP contribution in [0.1, 0.15) is 38.5 Å². The average molecular weight is 266 g/mol. The summed E-state index contributed by atoms with van der Waals surface area (Å²) in [6, 6.07) is 0. The number of carboxylic acids is 1. The third-order valence-corrected chi connectivity index (χ3v) is 5.62. The molecule has 2 aliphatic carbocycles. The van der Waals surface area contributed by atoms with E-state index in [1.165, 1.54) is 6.42 Å². The van der Waals surface area contributed by atoms with Gasteiger partial charge in [0, 0.05) is 6.54 Å². The summed E-state index contributed by atoms with van der Waals surface area (Å²) in [6.07, 6.45) is 5.89. The first-order valence-corrected chi connectivity index (χ1v) is 7.33. The number of nitrogens with zero attached hydrogens (tertiary/aromatic N) is 1. The fourth-order valence-electron chi connectivity index (χ4n) is 4.89. The number of amides is 1. The topological polar surface area (TPSA) is 83.6 Å². The lowest BCUT2D eigenvalue weighted by Crippen LogP contribution is -2.60. The molecule has 19 heavy (non-hydrogen) atoms. The number of likely N-dealkylation sites (tertiary alicyclic amines) is 1. The maximum absolute atomic E-state index is 12.0. The van der Waals surface area contributed by atoms with Crippen molar-refractivity contribution in [2.45, 2.75) is 44.1 Å². The van der Waals surface area contributed by atoms with Gasteiger partial charge in [0.05, 0.1) is 6.54 Å². The Morgan fingerprint density at radius 3 is 2.63 bits per heavy atom. The van der Waals surface area contributed by atoms with Gasteiger partial charge in [-0.2, -0.15) is 0 Å². The van der Waals surface area contributed by atoms with E-state index in [4.69, 9.17) is 5.73 Å². The fourth-order valence-corrected chi connectivity index (χ4v) is 4.89. The molecule has 3 fully saturated rings. The van der Waals surface area contributed by atoms with Crippen LogP contribution in [-0.4, -0.2) is 40.5 Å². The van der Waals surface area contributed by atoms with Crippen molar-refractivity contribution >= 4 is 11.9 Å². The number of nitrogens with two attached hydrogens (primary N) is 1. The van der Waals surface area contributed by atoms with Crippen LogP contribution in [0.25, 0.3) is 0 Å². The zero-order valence-electron chi connectivity index (χ0n) is 11.2. The summed E-state index contributed by atoms with van der Waals surface area (Å²) in [7, 11) is 0. The molecule has 4 atom stereocenters. The molecule has 106 valence electrons. The molecule has 1 aliphatic heterocycles. The second-order valence-electron chi connectivity index (χ2n) is 6.36. The molecule has 0 aromatic rings. The average Bonchev–Trinajstić information content (AvgIpc) is 3.11. The van der Waals surface area contributed by atoms with Gasteiger partial charge in [-0.1, -0.05) is 6.42 Å². The lowest BCUT2D eigenvalue weighted by molar-refractivity contribution is -0.161. The van der Waals surface area contributed by atoms with E-state index in [1.807, 2.05) is 0 Å². The van der Waals surface area contributed by atoms with Crippen LogP contribution >= 0.6 is 0 Å². The molecule has 2 bridgehead atoms. The van der Waals surface area contributed by atoms with E-state index >= 15 is 0 Å². The van der Waals surface area contributed by atoms with Crippen LogP contribution in [0.15, 0.2) is 0 Å². The summed E-state index contributed by atoms with van der Waals surface area (Å²) >= 11 is 0. The van der Waals surface area contributed by atoms with Crippen molar-refractivity contribution in [1.29, 1.82) is 0 Å². The van der Waals surface area contributed by atoms with Crippen LogP contribution < -0.4 is 5.73 Å². The molecule has 0 spiro atoms. The molecule has 5 nitrogen and oxygen atoms in total. The van der Waals surface area contributed by atoms with Gasteiger partial charge in [-0.15, -0.1) is 0 Å². The smallest absolute Gasteiger partial charge is 0.329 e. The minimum Gasteiger partial charge on any atom is -0.479 e. The van der Waals surface area contributed by atoms with Crippen LogP contribution in [0.3, 0.4) is 0 Å². The number of hydrogen-bond donors (Lipinski definition) is 2. The zero-order chi connectivity index (χ0) is 13.6. The van der Waals surface area contributed by atoms with Crippen LogP contribution in [0.5, 0.6) is 0 Å². The summed E-state index contributed by atoms with van der Waals surface area (Å²) in [6.45, 7) is 0.464. The molecule has 3 unspecified atom stereocenters. The standard InChI is InChI=1S/C14H22N2O3/c15-8-12(17)16-5-1-4-14(16,13(18)19)11-7-9-2-3-10(11)6-9/h9-11H,1-8,15H2,(H,18,19)/t9?,10?,11?,14-/m1/s1. The molecule has 3 N–H and O–H groups in total. The molecule has 3 rings (SSSR count). The van der Waals surface area contributed by atoms with Crippen LogP contribution in [-0.2, 0) is 9.59 Å². The summed E-state index contributed by atoms with van der Waals surface area (Å²) in [5.74, 6) is 0.294. The number of hydrogen-bond acceptors (Lipinski definition) is 3. The van der Waals surface area contributed by atoms with Gasteiger partial charge >= 0.3 is 5.97 Å². The van der Waals surface area contributed by atoms with Crippen molar-refractivity contribution in [3.05, 3.63) is 0 Å². The maximum atomic E-state index is 12.0. The Morgan fingerprint density at radius 2 is 2.11 bits per heavy atom.